The molecule has 116 valence electrons. The number of carbonyl (C=O) groups is 1. The molecule has 0 unspecified atom stereocenters. The maximum atomic E-state index is 12.6. The highest BCUT2D eigenvalue weighted by molar-refractivity contribution is 5.91. The van der Waals surface area contributed by atoms with Crippen LogP contribution in [0.2, 0.25) is 0 Å². The fraction of sp³-hybridized carbons (Fsp3) is 0.389. The highest BCUT2D eigenvalue weighted by atomic mass is 16.5. The number of fused-ring (bicyclic) bond motifs is 1. The van der Waals surface area contributed by atoms with E-state index in [1.807, 2.05) is 42.2 Å². The normalized spacial score (nSPS) is 18.5. The zero-order chi connectivity index (χ0) is 15.5. The Morgan fingerprint density at radius 2 is 2.23 bits per heavy atom. The Kier molecular flexibility index (Phi) is 4.29. The number of rotatable bonds is 3. The fourth-order valence-corrected chi connectivity index (χ4v) is 2.96. The van der Waals surface area contributed by atoms with Gasteiger partial charge in [-0.15, -0.1) is 0 Å². The van der Waals surface area contributed by atoms with Gasteiger partial charge in [-0.2, -0.15) is 0 Å². The molecule has 1 aliphatic heterocycles. The molecule has 2 aromatic carbocycles. The topological polar surface area (TPSA) is 38.8 Å². The van der Waals surface area contributed by atoms with Gasteiger partial charge < -0.3 is 14.4 Å². The molecule has 4 nitrogen and oxygen atoms in total. The summed E-state index contributed by atoms with van der Waals surface area (Å²) in [5, 5.41) is 2.21. The van der Waals surface area contributed by atoms with Crippen LogP contribution in [0.15, 0.2) is 36.4 Å². The molecule has 0 saturated carbocycles. The van der Waals surface area contributed by atoms with Gasteiger partial charge in [0.2, 0.25) is 5.91 Å². The lowest BCUT2D eigenvalue weighted by Crippen LogP contribution is -2.47. The minimum atomic E-state index is 0.144. The van der Waals surface area contributed by atoms with E-state index in [0.29, 0.717) is 26.2 Å². The number of methoxy groups -OCH3 is 1. The van der Waals surface area contributed by atoms with Crippen LogP contribution in [0.4, 0.5) is 0 Å². The number of hydrogen-bond acceptors (Lipinski definition) is 3. The summed E-state index contributed by atoms with van der Waals surface area (Å²) in [5.74, 6) is 0.971. The van der Waals surface area contributed by atoms with Gasteiger partial charge >= 0.3 is 0 Å². The summed E-state index contributed by atoms with van der Waals surface area (Å²) in [6.07, 6.45) is 0.412. The van der Waals surface area contributed by atoms with E-state index in [4.69, 9.17) is 9.47 Å². The molecule has 0 spiro atoms. The molecular formula is C18H21NO3. The summed E-state index contributed by atoms with van der Waals surface area (Å²) in [6, 6.07) is 12.2. The third-order valence-corrected chi connectivity index (χ3v) is 4.21. The van der Waals surface area contributed by atoms with E-state index in [9.17, 15) is 4.79 Å². The molecular weight excluding hydrogens is 278 g/mol. The van der Waals surface area contributed by atoms with E-state index >= 15 is 0 Å². The molecule has 0 radical (unpaired) electrons. The van der Waals surface area contributed by atoms with E-state index in [0.717, 1.165) is 22.1 Å². The van der Waals surface area contributed by atoms with Crippen molar-refractivity contribution in [1.29, 1.82) is 0 Å². The van der Waals surface area contributed by atoms with E-state index in [2.05, 4.69) is 6.07 Å². The van der Waals surface area contributed by atoms with Gasteiger partial charge in [-0.25, -0.2) is 0 Å². The van der Waals surface area contributed by atoms with Crippen LogP contribution in [0.1, 0.15) is 12.5 Å². The minimum Gasteiger partial charge on any atom is -0.497 e. The van der Waals surface area contributed by atoms with Crippen molar-refractivity contribution in [3.8, 4) is 5.75 Å². The summed E-state index contributed by atoms with van der Waals surface area (Å²) >= 11 is 0. The van der Waals surface area contributed by atoms with E-state index in [-0.39, 0.29) is 11.9 Å². The Bertz CT molecular complexity index is 683. The fourth-order valence-electron chi connectivity index (χ4n) is 2.96. The zero-order valence-corrected chi connectivity index (χ0v) is 13.0. The van der Waals surface area contributed by atoms with Gasteiger partial charge in [0.25, 0.3) is 0 Å². The molecule has 1 saturated heterocycles. The standard InChI is InChI=1S/C18H21NO3/c1-13-12-22-9-8-19(13)18(20)10-15-5-3-4-14-6-7-16(21-2)11-17(14)15/h3-7,11,13H,8-10,12H2,1-2H3/t13-/m1/s1. The SMILES string of the molecule is COc1ccc2cccc(CC(=O)N3CCOC[C@H]3C)c2c1. The Labute approximate surface area is 130 Å². The van der Waals surface area contributed by atoms with Crippen molar-refractivity contribution >= 4 is 16.7 Å². The smallest absolute Gasteiger partial charge is 0.227 e. The van der Waals surface area contributed by atoms with Crippen molar-refractivity contribution in [2.45, 2.75) is 19.4 Å². The number of benzene rings is 2. The predicted molar refractivity (Wildman–Crippen MR) is 86.2 cm³/mol. The second-order valence-corrected chi connectivity index (χ2v) is 5.69. The van der Waals surface area contributed by atoms with Gasteiger partial charge in [0.1, 0.15) is 5.75 Å². The summed E-state index contributed by atoms with van der Waals surface area (Å²) in [4.78, 5) is 14.5. The van der Waals surface area contributed by atoms with E-state index < -0.39 is 0 Å². The maximum Gasteiger partial charge on any atom is 0.227 e. The van der Waals surface area contributed by atoms with Crippen LogP contribution in [0.5, 0.6) is 5.75 Å². The highest BCUT2D eigenvalue weighted by Gasteiger charge is 2.24. The summed E-state index contributed by atoms with van der Waals surface area (Å²) in [5.41, 5.74) is 1.04. The molecule has 1 heterocycles. The third-order valence-electron chi connectivity index (χ3n) is 4.21. The first-order chi connectivity index (χ1) is 10.7. The molecule has 1 fully saturated rings. The third kappa shape index (κ3) is 2.92. The summed E-state index contributed by atoms with van der Waals surface area (Å²) in [7, 11) is 1.66. The predicted octanol–water partition coefficient (Wildman–Crippen LogP) is 2.64. The second kappa shape index (κ2) is 6.36. The molecule has 0 bridgehead atoms. The lowest BCUT2D eigenvalue weighted by atomic mass is 10.0. The van der Waals surface area contributed by atoms with Gasteiger partial charge in [0.15, 0.2) is 0 Å². The van der Waals surface area contributed by atoms with Gasteiger partial charge in [0.05, 0.1) is 32.8 Å². The quantitative estimate of drug-likeness (QED) is 0.874. The molecule has 4 heteroatoms. The van der Waals surface area contributed by atoms with Gasteiger partial charge in [-0.05, 0) is 35.4 Å². The van der Waals surface area contributed by atoms with Crippen LogP contribution in [-0.4, -0.2) is 43.7 Å². The Morgan fingerprint density at radius 3 is 3.00 bits per heavy atom. The molecule has 2 aromatic rings. The van der Waals surface area contributed by atoms with Crippen molar-refractivity contribution in [2.24, 2.45) is 0 Å². The summed E-state index contributed by atoms with van der Waals surface area (Å²) < 4.78 is 10.7. The summed E-state index contributed by atoms with van der Waals surface area (Å²) in [6.45, 7) is 3.95. The molecule has 0 aliphatic carbocycles. The van der Waals surface area contributed by atoms with Gasteiger partial charge in [-0.3, -0.25) is 4.79 Å². The zero-order valence-electron chi connectivity index (χ0n) is 13.0. The first-order valence-corrected chi connectivity index (χ1v) is 7.62. The van der Waals surface area contributed by atoms with E-state index in [1.54, 1.807) is 7.11 Å². The molecule has 3 rings (SSSR count). The molecule has 0 N–H and O–H groups in total. The van der Waals surface area contributed by atoms with Crippen LogP contribution >= 0.6 is 0 Å². The largest absolute Gasteiger partial charge is 0.497 e. The number of hydrogen-bond donors (Lipinski definition) is 0. The van der Waals surface area contributed by atoms with Crippen molar-refractivity contribution in [3.63, 3.8) is 0 Å². The number of amides is 1. The van der Waals surface area contributed by atoms with Gasteiger partial charge in [-0.1, -0.05) is 24.3 Å². The lowest BCUT2D eigenvalue weighted by molar-refractivity contribution is -0.138. The molecule has 1 amide bonds. The van der Waals surface area contributed by atoms with E-state index in [1.165, 1.54) is 0 Å². The Balaban J connectivity index is 1.88. The number of carbonyl (C=O) groups excluding carboxylic acids is 1. The van der Waals surface area contributed by atoms with Crippen LogP contribution in [0.25, 0.3) is 10.8 Å². The average molecular weight is 299 g/mol. The molecule has 1 atom stereocenters. The van der Waals surface area contributed by atoms with Crippen LogP contribution in [0.3, 0.4) is 0 Å². The van der Waals surface area contributed by atoms with Crippen molar-refractivity contribution in [2.75, 3.05) is 26.9 Å². The monoisotopic (exact) mass is 299 g/mol. The van der Waals surface area contributed by atoms with Crippen LogP contribution in [0, 0.1) is 0 Å². The number of nitrogens with zero attached hydrogens (tertiary/aromatic N) is 1. The minimum absolute atomic E-state index is 0.144. The van der Waals surface area contributed by atoms with Crippen molar-refractivity contribution in [1.82, 2.24) is 4.90 Å². The van der Waals surface area contributed by atoms with Crippen LogP contribution < -0.4 is 4.74 Å². The molecule has 1 aliphatic rings. The maximum absolute atomic E-state index is 12.6. The van der Waals surface area contributed by atoms with Gasteiger partial charge in [0, 0.05) is 6.54 Å². The van der Waals surface area contributed by atoms with Crippen molar-refractivity contribution in [3.05, 3.63) is 42.0 Å². The van der Waals surface area contributed by atoms with Crippen LogP contribution in [-0.2, 0) is 16.0 Å². The molecule has 0 aromatic heterocycles. The molecule has 22 heavy (non-hydrogen) atoms. The first-order valence-electron chi connectivity index (χ1n) is 7.62. The second-order valence-electron chi connectivity index (χ2n) is 5.69. The Morgan fingerprint density at radius 1 is 1.36 bits per heavy atom. The first kappa shape index (κ1) is 14.9. The average Bonchev–Trinajstić information content (AvgIpc) is 2.55. The highest BCUT2D eigenvalue weighted by Crippen LogP contribution is 2.25. The van der Waals surface area contributed by atoms with Crippen molar-refractivity contribution < 1.29 is 14.3 Å². The lowest BCUT2D eigenvalue weighted by Gasteiger charge is -2.33. The Hall–Kier alpha value is -2.07. The number of morpholine rings is 1. The number of ether oxygens (including phenoxy) is 2.